The first-order chi connectivity index (χ1) is 14.6. The highest BCUT2D eigenvalue weighted by molar-refractivity contribution is 9.10. The molecule has 0 radical (unpaired) electrons. The lowest BCUT2D eigenvalue weighted by atomic mass is 10.0. The molecular weight excluding hydrogens is 496 g/mol. The van der Waals surface area contributed by atoms with Crippen molar-refractivity contribution in [2.24, 2.45) is 0 Å². The van der Waals surface area contributed by atoms with E-state index in [1.54, 1.807) is 16.1 Å². The van der Waals surface area contributed by atoms with Crippen LogP contribution < -0.4 is 0 Å². The molecule has 2 fully saturated rings. The minimum Gasteiger partial charge on any atom is -0.323 e. The number of rotatable bonds is 3. The fourth-order valence-corrected chi connectivity index (χ4v) is 8.41. The maximum Gasteiger partial charge on any atom is 0.254 e. The molecule has 1 amide bonds. The van der Waals surface area contributed by atoms with E-state index in [1.165, 1.54) is 0 Å². The number of hydrogen-bond acceptors (Lipinski definition) is 4. The number of piperidine rings is 1. The van der Waals surface area contributed by atoms with Crippen molar-refractivity contribution in [1.29, 1.82) is 0 Å². The lowest BCUT2D eigenvalue weighted by Crippen LogP contribution is -2.53. The van der Waals surface area contributed by atoms with Crippen LogP contribution in [0.25, 0.3) is 0 Å². The first-order valence-electron chi connectivity index (χ1n) is 10.4. The van der Waals surface area contributed by atoms with Crippen LogP contribution in [0.5, 0.6) is 0 Å². The van der Waals surface area contributed by atoms with Crippen LogP contribution in [-0.2, 0) is 10.0 Å². The van der Waals surface area contributed by atoms with E-state index in [4.69, 9.17) is 0 Å². The largest absolute Gasteiger partial charge is 0.323 e. The fourth-order valence-electron chi connectivity index (χ4n) is 4.84. The van der Waals surface area contributed by atoms with Crippen LogP contribution in [0.15, 0.2) is 45.8 Å². The van der Waals surface area contributed by atoms with E-state index >= 15 is 0 Å². The maximum atomic E-state index is 13.4. The second-order valence-corrected chi connectivity index (χ2v) is 12.6. The zero-order valence-corrected chi connectivity index (χ0v) is 21.2. The molecular formula is C23H27BrN2O3S2. The molecule has 5 nitrogen and oxygen atoms in total. The molecule has 0 aliphatic carbocycles. The van der Waals surface area contributed by atoms with Crippen LogP contribution in [-0.4, -0.2) is 53.8 Å². The molecule has 2 aliphatic rings. The van der Waals surface area contributed by atoms with E-state index in [-0.39, 0.29) is 10.8 Å². The van der Waals surface area contributed by atoms with Gasteiger partial charge in [-0.15, -0.1) is 11.8 Å². The van der Waals surface area contributed by atoms with Crippen LogP contribution in [0.2, 0.25) is 0 Å². The SMILES string of the molecule is Cc1cc(C)c(S(=O)(=O)N2CCC3(CC2)SCCN3C(=O)c2ccc(Br)cc2)c(C)c1. The van der Waals surface area contributed by atoms with E-state index in [2.05, 4.69) is 15.9 Å². The van der Waals surface area contributed by atoms with Gasteiger partial charge in [0.25, 0.3) is 5.91 Å². The predicted molar refractivity (Wildman–Crippen MR) is 129 cm³/mol. The van der Waals surface area contributed by atoms with Gasteiger partial charge in [0.1, 0.15) is 0 Å². The van der Waals surface area contributed by atoms with Crippen molar-refractivity contribution < 1.29 is 13.2 Å². The van der Waals surface area contributed by atoms with Gasteiger partial charge in [-0.1, -0.05) is 33.6 Å². The van der Waals surface area contributed by atoms with Crippen LogP contribution in [0.3, 0.4) is 0 Å². The van der Waals surface area contributed by atoms with Crippen LogP contribution in [0.1, 0.15) is 39.9 Å². The molecule has 166 valence electrons. The van der Waals surface area contributed by atoms with Crippen molar-refractivity contribution in [3.63, 3.8) is 0 Å². The molecule has 2 aromatic rings. The van der Waals surface area contributed by atoms with Crippen molar-refractivity contribution >= 4 is 43.6 Å². The Morgan fingerprint density at radius 3 is 2.16 bits per heavy atom. The van der Waals surface area contributed by atoms with Gasteiger partial charge >= 0.3 is 0 Å². The van der Waals surface area contributed by atoms with Crippen molar-refractivity contribution in [2.75, 3.05) is 25.4 Å². The Balaban J connectivity index is 1.55. The molecule has 0 bridgehead atoms. The lowest BCUT2D eigenvalue weighted by Gasteiger charge is -2.43. The van der Waals surface area contributed by atoms with E-state index in [1.807, 2.05) is 62.1 Å². The molecule has 0 atom stereocenters. The quantitative estimate of drug-likeness (QED) is 0.583. The summed E-state index contributed by atoms with van der Waals surface area (Å²) in [5, 5.41) is 0. The zero-order valence-electron chi connectivity index (χ0n) is 18.0. The van der Waals surface area contributed by atoms with Crippen LogP contribution in [0.4, 0.5) is 0 Å². The minimum atomic E-state index is -3.57. The smallest absolute Gasteiger partial charge is 0.254 e. The number of carbonyl (C=O) groups excluding carboxylic acids is 1. The van der Waals surface area contributed by atoms with Gasteiger partial charge in [-0.25, -0.2) is 8.42 Å². The summed E-state index contributed by atoms with van der Waals surface area (Å²) in [5.74, 6) is 0.907. The van der Waals surface area contributed by atoms with Gasteiger partial charge in [0, 0.05) is 35.4 Å². The van der Waals surface area contributed by atoms with Crippen molar-refractivity contribution in [3.05, 3.63) is 63.1 Å². The zero-order chi connectivity index (χ0) is 22.4. The molecule has 2 aromatic carbocycles. The number of benzene rings is 2. The van der Waals surface area contributed by atoms with Gasteiger partial charge < -0.3 is 4.90 Å². The van der Waals surface area contributed by atoms with Gasteiger partial charge in [-0.3, -0.25) is 4.79 Å². The molecule has 0 saturated carbocycles. The van der Waals surface area contributed by atoms with Gasteiger partial charge in [0.2, 0.25) is 10.0 Å². The predicted octanol–water partition coefficient (Wildman–Crippen LogP) is 4.74. The summed E-state index contributed by atoms with van der Waals surface area (Å²) < 4.78 is 29.4. The number of hydrogen-bond donors (Lipinski definition) is 0. The summed E-state index contributed by atoms with van der Waals surface area (Å²) in [6.45, 7) is 7.25. The number of amides is 1. The Bertz CT molecular complexity index is 1090. The lowest BCUT2D eigenvalue weighted by molar-refractivity contribution is 0.0605. The Morgan fingerprint density at radius 2 is 1.58 bits per heavy atom. The summed E-state index contributed by atoms with van der Waals surface area (Å²) in [4.78, 5) is 15.3. The Kier molecular flexibility index (Phi) is 6.29. The normalized spacial score (nSPS) is 19.2. The second-order valence-electron chi connectivity index (χ2n) is 8.39. The van der Waals surface area contributed by atoms with Crippen molar-refractivity contribution in [1.82, 2.24) is 9.21 Å². The Hall–Kier alpha value is -1.35. The summed E-state index contributed by atoms with van der Waals surface area (Å²) in [5.41, 5.74) is 3.32. The molecule has 31 heavy (non-hydrogen) atoms. The third-order valence-corrected chi connectivity index (χ3v) is 10.5. The third-order valence-electron chi connectivity index (χ3n) is 6.22. The molecule has 0 N–H and O–H groups in total. The number of nitrogens with zero attached hydrogens (tertiary/aromatic N) is 2. The molecule has 0 unspecified atom stereocenters. The second kappa shape index (κ2) is 8.54. The molecule has 2 aliphatic heterocycles. The highest BCUT2D eigenvalue weighted by atomic mass is 79.9. The van der Waals surface area contributed by atoms with Gasteiger partial charge in [0.05, 0.1) is 9.77 Å². The first kappa shape index (κ1) is 22.8. The van der Waals surface area contributed by atoms with Crippen molar-refractivity contribution in [2.45, 2.75) is 43.4 Å². The van der Waals surface area contributed by atoms with Crippen LogP contribution >= 0.6 is 27.7 Å². The number of sulfonamides is 1. The Labute approximate surface area is 197 Å². The summed E-state index contributed by atoms with van der Waals surface area (Å²) in [6.07, 6.45) is 1.28. The van der Waals surface area contributed by atoms with E-state index < -0.39 is 10.0 Å². The summed E-state index contributed by atoms with van der Waals surface area (Å²) in [7, 11) is -3.57. The molecule has 2 saturated heterocycles. The number of halogens is 1. The van der Waals surface area contributed by atoms with Crippen LogP contribution in [0, 0.1) is 20.8 Å². The molecule has 1 spiro atoms. The van der Waals surface area contributed by atoms with E-state index in [0.717, 1.165) is 26.9 Å². The van der Waals surface area contributed by atoms with Crippen molar-refractivity contribution in [3.8, 4) is 0 Å². The number of aryl methyl sites for hydroxylation is 3. The molecule has 0 aromatic heterocycles. The standard InChI is InChI=1S/C23H27BrN2O3S2/c1-16-14-17(2)21(18(3)15-16)31(28,29)25-10-8-23(9-11-25)26(12-13-30-23)22(27)19-4-6-20(24)7-5-19/h4-7,14-15H,8-13H2,1-3H3. The highest BCUT2D eigenvalue weighted by Crippen LogP contribution is 2.45. The van der Waals surface area contributed by atoms with E-state index in [0.29, 0.717) is 42.9 Å². The van der Waals surface area contributed by atoms with Gasteiger partial charge in [0.15, 0.2) is 0 Å². The monoisotopic (exact) mass is 522 g/mol. The fraction of sp³-hybridized carbons (Fsp3) is 0.435. The maximum absolute atomic E-state index is 13.4. The summed E-state index contributed by atoms with van der Waals surface area (Å²) in [6, 6.07) is 11.3. The summed E-state index contributed by atoms with van der Waals surface area (Å²) >= 11 is 5.21. The molecule has 2 heterocycles. The highest BCUT2D eigenvalue weighted by Gasteiger charge is 2.48. The number of thioether (sulfide) groups is 1. The Morgan fingerprint density at radius 1 is 1.00 bits per heavy atom. The topological polar surface area (TPSA) is 57.7 Å². The molecule has 8 heteroatoms. The first-order valence-corrected chi connectivity index (χ1v) is 13.7. The average Bonchev–Trinajstić information content (AvgIpc) is 3.10. The van der Waals surface area contributed by atoms with E-state index in [9.17, 15) is 13.2 Å². The molecule has 4 rings (SSSR count). The van der Waals surface area contributed by atoms with Gasteiger partial charge in [-0.2, -0.15) is 4.31 Å². The average molecular weight is 524 g/mol. The minimum absolute atomic E-state index is 0.0269. The number of carbonyl (C=O) groups is 1. The third kappa shape index (κ3) is 4.19. The van der Waals surface area contributed by atoms with Gasteiger partial charge in [-0.05, 0) is 69.0 Å².